The fraction of sp³-hybridized carbons (Fsp3) is 0.200. The van der Waals surface area contributed by atoms with Gasteiger partial charge >= 0.3 is 5.97 Å². The summed E-state index contributed by atoms with van der Waals surface area (Å²) in [5.74, 6) is 3.81. The van der Waals surface area contributed by atoms with Crippen molar-refractivity contribution in [2.45, 2.75) is 6.92 Å². The Kier molecular flexibility index (Phi) is 5.85. The van der Waals surface area contributed by atoms with Crippen LogP contribution in [0, 0.1) is 11.8 Å². The topological polar surface area (TPSA) is 72.8 Å². The number of carbonyl (C=O) groups excluding carboxylic acids is 1. The zero-order chi connectivity index (χ0) is 15.0. The maximum Gasteiger partial charge on any atom is 0.382 e. The predicted octanol–water partition coefficient (Wildman–Crippen LogP) is 1.90. The second kappa shape index (κ2) is 7.64. The molecule has 0 amide bonds. The number of hydrogen-bond donors (Lipinski definition) is 1. The zero-order valence-corrected chi connectivity index (χ0v) is 11.0. The van der Waals surface area contributed by atoms with E-state index in [2.05, 4.69) is 12.5 Å². The molecule has 20 heavy (non-hydrogen) atoms. The molecule has 0 bridgehead atoms. The molecule has 1 rings (SSSR count). The molecule has 0 saturated carbocycles. The Morgan fingerprint density at radius 3 is 2.75 bits per heavy atom. The van der Waals surface area contributed by atoms with Gasteiger partial charge in [0.25, 0.3) is 0 Å². The van der Waals surface area contributed by atoms with E-state index in [0.717, 1.165) is 0 Å². The van der Waals surface area contributed by atoms with E-state index in [1.807, 2.05) is 5.92 Å². The van der Waals surface area contributed by atoms with E-state index in [-0.39, 0.29) is 12.2 Å². The SMILES string of the molecule is C=CCOc1c(C#CC(=O)O)cc(C=O)cc1OCC. The summed E-state index contributed by atoms with van der Waals surface area (Å²) in [6, 6.07) is 2.96. The molecule has 0 aliphatic heterocycles. The highest BCUT2D eigenvalue weighted by Gasteiger charge is 2.12. The van der Waals surface area contributed by atoms with Gasteiger partial charge in [-0.1, -0.05) is 18.6 Å². The Bertz CT molecular complexity index is 578. The maximum atomic E-state index is 10.9. The summed E-state index contributed by atoms with van der Waals surface area (Å²) in [6.07, 6.45) is 2.17. The van der Waals surface area contributed by atoms with Crippen LogP contribution in [-0.2, 0) is 4.79 Å². The molecule has 104 valence electrons. The lowest BCUT2D eigenvalue weighted by atomic mass is 10.1. The van der Waals surface area contributed by atoms with E-state index in [0.29, 0.717) is 30.0 Å². The molecule has 0 heterocycles. The summed E-state index contributed by atoms with van der Waals surface area (Å²) < 4.78 is 10.8. The first kappa shape index (κ1) is 15.3. The van der Waals surface area contributed by atoms with Gasteiger partial charge in [-0.05, 0) is 19.1 Å². The fourth-order valence-electron chi connectivity index (χ4n) is 1.46. The summed E-state index contributed by atoms with van der Waals surface area (Å²) in [5, 5.41) is 8.61. The molecule has 0 atom stereocenters. The minimum absolute atomic E-state index is 0.211. The summed E-state index contributed by atoms with van der Waals surface area (Å²) in [7, 11) is 0. The molecule has 0 aliphatic rings. The molecular formula is C15H14O5. The van der Waals surface area contributed by atoms with Crippen LogP contribution in [0.2, 0.25) is 0 Å². The number of aldehydes is 1. The molecule has 0 spiro atoms. The van der Waals surface area contributed by atoms with Crippen LogP contribution in [0.3, 0.4) is 0 Å². The van der Waals surface area contributed by atoms with Crippen LogP contribution >= 0.6 is 0 Å². The van der Waals surface area contributed by atoms with E-state index in [1.165, 1.54) is 18.2 Å². The van der Waals surface area contributed by atoms with Gasteiger partial charge in [-0.2, -0.15) is 0 Å². The molecule has 5 nitrogen and oxygen atoms in total. The largest absolute Gasteiger partial charge is 0.490 e. The van der Waals surface area contributed by atoms with Crippen molar-refractivity contribution in [3.05, 3.63) is 35.9 Å². The highest BCUT2D eigenvalue weighted by Crippen LogP contribution is 2.32. The molecule has 0 radical (unpaired) electrons. The van der Waals surface area contributed by atoms with E-state index < -0.39 is 5.97 Å². The average molecular weight is 274 g/mol. The van der Waals surface area contributed by atoms with Crippen molar-refractivity contribution in [3.8, 4) is 23.3 Å². The highest BCUT2D eigenvalue weighted by molar-refractivity contribution is 5.88. The van der Waals surface area contributed by atoms with Crippen LogP contribution in [-0.4, -0.2) is 30.6 Å². The standard InChI is InChI=1S/C15H14O5/c1-3-7-20-15-12(5-6-14(17)18)8-11(10-16)9-13(15)19-4-2/h3,8-10H,1,4,7H2,2H3,(H,17,18). The quantitative estimate of drug-likeness (QED) is 0.487. The third kappa shape index (κ3) is 4.18. The smallest absolute Gasteiger partial charge is 0.382 e. The molecule has 0 saturated heterocycles. The highest BCUT2D eigenvalue weighted by atomic mass is 16.5. The number of carboxylic acids is 1. The normalized spacial score (nSPS) is 9.05. The molecule has 1 N–H and O–H groups in total. The zero-order valence-electron chi connectivity index (χ0n) is 11.0. The number of ether oxygens (including phenoxy) is 2. The van der Waals surface area contributed by atoms with E-state index in [4.69, 9.17) is 14.6 Å². The number of hydrogen-bond acceptors (Lipinski definition) is 4. The predicted molar refractivity (Wildman–Crippen MR) is 73.2 cm³/mol. The lowest BCUT2D eigenvalue weighted by Gasteiger charge is -2.13. The molecule has 0 unspecified atom stereocenters. The molecule has 1 aromatic carbocycles. The van der Waals surface area contributed by atoms with Crippen LogP contribution < -0.4 is 9.47 Å². The summed E-state index contributed by atoms with van der Waals surface area (Å²) >= 11 is 0. The average Bonchev–Trinajstić information content (AvgIpc) is 2.43. The first-order valence-electron chi connectivity index (χ1n) is 5.87. The molecule has 1 aromatic rings. The fourth-order valence-corrected chi connectivity index (χ4v) is 1.46. The van der Waals surface area contributed by atoms with Crippen molar-refractivity contribution in [3.63, 3.8) is 0 Å². The van der Waals surface area contributed by atoms with Gasteiger partial charge in [-0.15, -0.1) is 0 Å². The number of carbonyl (C=O) groups is 2. The molecule has 0 aliphatic carbocycles. The van der Waals surface area contributed by atoms with Crippen LogP contribution in [0.15, 0.2) is 24.8 Å². The second-order valence-corrected chi connectivity index (χ2v) is 3.60. The van der Waals surface area contributed by atoms with Crippen LogP contribution in [0.5, 0.6) is 11.5 Å². The Balaban J connectivity index is 3.38. The Labute approximate surface area is 116 Å². The Morgan fingerprint density at radius 1 is 1.45 bits per heavy atom. The van der Waals surface area contributed by atoms with Crippen molar-refractivity contribution in [2.24, 2.45) is 0 Å². The van der Waals surface area contributed by atoms with Crippen molar-refractivity contribution in [1.29, 1.82) is 0 Å². The first-order chi connectivity index (χ1) is 9.62. The lowest BCUT2D eigenvalue weighted by Crippen LogP contribution is -2.02. The van der Waals surface area contributed by atoms with E-state index in [1.54, 1.807) is 6.92 Å². The molecular weight excluding hydrogens is 260 g/mol. The van der Waals surface area contributed by atoms with Crippen molar-refractivity contribution in [1.82, 2.24) is 0 Å². The van der Waals surface area contributed by atoms with Crippen molar-refractivity contribution < 1.29 is 24.2 Å². The number of aliphatic carboxylic acids is 1. The van der Waals surface area contributed by atoms with Gasteiger partial charge in [0.05, 0.1) is 12.2 Å². The molecule has 0 aromatic heterocycles. The third-order valence-corrected chi connectivity index (χ3v) is 2.16. The van der Waals surface area contributed by atoms with Gasteiger partial charge in [0, 0.05) is 11.5 Å². The monoisotopic (exact) mass is 274 g/mol. The Morgan fingerprint density at radius 2 is 2.20 bits per heavy atom. The summed E-state index contributed by atoms with van der Waals surface area (Å²) in [4.78, 5) is 21.4. The Hall–Kier alpha value is -2.74. The molecule has 0 fully saturated rings. The third-order valence-electron chi connectivity index (χ3n) is 2.16. The van der Waals surface area contributed by atoms with Crippen LogP contribution in [0.1, 0.15) is 22.8 Å². The first-order valence-corrected chi connectivity index (χ1v) is 5.87. The molecule has 5 heteroatoms. The number of rotatable bonds is 6. The van der Waals surface area contributed by atoms with E-state index >= 15 is 0 Å². The number of benzene rings is 1. The second-order valence-electron chi connectivity index (χ2n) is 3.60. The van der Waals surface area contributed by atoms with Crippen LogP contribution in [0.25, 0.3) is 0 Å². The lowest BCUT2D eigenvalue weighted by molar-refractivity contribution is -0.130. The van der Waals surface area contributed by atoms with Gasteiger partial charge in [0.15, 0.2) is 11.5 Å². The van der Waals surface area contributed by atoms with Gasteiger partial charge in [0.2, 0.25) is 0 Å². The van der Waals surface area contributed by atoms with Gasteiger partial charge in [0.1, 0.15) is 12.9 Å². The minimum Gasteiger partial charge on any atom is -0.490 e. The van der Waals surface area contributed by atoms with Gasteiger partial charge in [-0.3, -0.25) is 4.79 Å². The summed E-state index contributed by atoms with van der Waals surface area (Å²) in [5.41, 5.74) is 0.608. The number of carboxylic acid groups (broad SMARTS) is 1. The van der Waals surface area contributed by atoms with Crippen molar-refractivity contribution in [2.75, 3.05) is 13.2 Å². The van der Waals surface area contributed by atoms with Gasteiger partial charge < -0.3 is 14.6 Å². The maximum absolute atomic E-state index is 10.9. The van der Waals surface area contributed by atoms with Crippen LogP contribution in [0.4, 0.5) is 0 Å². The minimum atomic E-state index is -1.27. The van der Waals surface area contributed by atoms with E-state index in [9.17, 15) is 9.59 Å². The van der Waals surface area contributed by atoms with Crippen molar-refractivity contribution >= 4 is 12.3 Å². The van der Waals surface area contributed by atoms with Gasteiger partial charge in [-0.25, -0.2) is 4.79 Å². The summed E-state index contributed by atoms with van der Waals surface area (Å²) in [6.45, 7) is 5.91.